The second-order valence-corrected chi connectivity index (χ2v) is 3.94. The molecule has 0 aromatic heterocycles. The smallest absolute Gasteiger partial charge is 0.122 e. The lowest BCUT2D eigenvalue weighted by Gasteiger charge is -2.12. The summed E-state index contributed by atoms with van der Waals surface area (Å²) in [7, 11) is 0. The molecule has 1 atom stereocenters. The van der Waals surface area contributed by atoms with Crippen molar-refractivity contribution in [3.8, 4) is 5.75 Å². The fourth-order valence-electron chi connectivity index (χ4n) is 1.92. The molecule has 1 aromatic carbocycles. The standard InChI is InChI=1S/C12H17NO2/c13-11(2-1-6-14)9-3-4-12-10(8-9)5-7-15-12/h3-4,8,11,14H,1-2,5-7,13H2/t11-/m1/s1. The first-order valence-electron chi connectivity index (χ1n) is 5.43. The van der Waals surface area contributed by atoms with E-state index >= 15 is 0 Å². The molecule has 2 rings (SSSR count). The van der Waals surface area contributed by atoms with Gasteiger partial charge in [-0.15, -0.1) is 0 Å². The number of nitrogens with two attached hydrogens (primary N) is 1. The van der Waals surface area contributed by atoms with E-state index in [4.69, 9.17) is 15.6 Å². The van der Waals surface area contributed by atoms with Crippen LogP contribution in [-0.2, 0) is 6.42 Å². The van der Waals surface area contributed by atoms with Crippen molar-refractivity contribution in [2.24, 2.45) is 5.73 Å². The van der Waals surface area contributed by atoms with E-state index < -0.39 is 0 Å². The highest BCUT2D eigenvalue weighted by Gasteiger charge is 2.14. The molecule has 0 saturated heterocycles. The lowest BCUT2D eigenvalue weighted by molar-refractivity contribution is 0.280. The predicted molar refractivity (Wildman–Crippen MR) is 58.9 cm³/mol. The summed E-state index contributed by atoms with van der Waals surface area (Å²) in [5.41, 5.74) is 8.43. The summed E-state index contributed by atoms with van der Waals surface area (Å²) in [6, 6.07) is 6.18. The van der Waals surface area contributed by atoms with Gasteiger partial charge in [0.25, 0.3) is 0 Å². The topological polar surface area (TPSA) is 55.5 Å². The third-order valence-corrected chi connectivity index (χ3v) is 2.81. The monoisotopic (exact) mass is 207 g/mol. The molecule has 1 aromatic rings. The fraction of sp³-hybridized carbons (Fsp3) is 0.500. The summed E-state index contributed by atoms with van der Waals surface area (Å²) in [6.07, 6.45) is 2.57. The van der Waals surface area contributed by atoms with E-state index in [2.05, 4.69) is 6.07 Å². The Kier molecular flexibility index (Phi) is 3.23. The zero-order valence-corrected chi connectivity index (χ0v) is 8.78. The number of benzene rings is 1. The Hall–Kier alpha value is -1.06. The maximum Gasteiger partial charge on any atom is 0.122 e. The van der Waals surface area contributed by atoms with E-state index in [1.165, 1.54) is 5.56 Å². The van der Waals surface area contributed by atoms with Gasteiger partial charge >= 0.3 is 0 Å². The van der Waals surface area contributed by atoms with Crippen LogP contribution >= 0.6 is 0 Å². The first-order chi connectivity index (χ1) is 7.31. The first-order valence-corrected chi connectivity index (χ1v) is 5.43. The zero-order valence-electron chi connectivity index (χ0n) is 8.78. The summed E-state index contributed by atoms with van der Waals surface area (Å²) in [5, 5.41) is 8.74. The average molecular weight is 207 g/mol. The van der Waals surface area contributed by atoms with Gasteiger partial charge in [-0.1, -0.05) is 12.1 Å². The van der Waals surface area contributed by atoms with Gasteiger partial charge in [-0.2, -0.15) is 0 Å². The predicted octanol–water partition coefficient (Wildman–Crippen LogP) is 1.39. The summed E-state index contributed by atoms with van der Waals surface area (Å²) < 4.78 is 5.43. The van der Waals surface area contributed by atoms with Gasteiger partial charge < -0.3 is 15.6 Å². The van der Waals surface area contributed by atoms with E-state index in [1.807, 2.05) is 12.1 Å². The van der Waals surface area contributed by atoms with Gasteiger partial charge in [0, 0.05) is 19.1 Å². The third kappa shape index (κ3) is 2.30. The molecule has 1 heterocycles. The van der Waals surface area contributed by atoms with Crippen LogP contribution in [-0.4, -0.2) is 18.3 Å². The molecule has 3 nitrogen and oxygen atoms in total. The van der Waals surface area contributed by atoms with Crippen molar-refractivity contribution in [1.82, 2.24) is 0 Å². The fourth-order valence-corrected chi connectivity index (χ4v) is 1.92. The number of aliphatic hydroxyl groups excluding tert-OH is 1. The van der Waals surface area contributed by atoms with Crippen LogP contribution in [0.15, 0.2) is 18.2 Å². The van der Waals surface area contributed by atoms with Gasteiger partial charge in [-0.05, 0) is 30.0 Å². The number of ether oxygens (including phenoxy) is 1. The number of hydrogen-bond acceptors (Lipinski definition) is 3. The van der Waals surface area contributed by atoms with Crippen molar-refractivity contribution in [1.29, 1.82) is 0 Å². The van der Waals surface area contributed by atoms with Gasteiger partial charge in [-0.3, -0.25) is 0 Å². The SMILES string of the molecule is N[C@H](CCCO)c1ccc2c(c1)CCO2. The Balaban J connectivity index is 2.08. The molecule has 0 fully saturated rings. The van der Waals surface area contributed by atoms with Crippen molar-refractivity contribution in [3.05, 3.63) is 29.3 Å². The molecule has 0 aliphatic carbocycles. The van der Waals surface area contributed by atoms with Crippen LogP contribution in [0.1, 0.15) is 30.0 Å². The average Bonchev–Trinajstić information content (AvgIpc) is 2.72. The summed E-state index contributed by atoms with van der Waals surface area (Å²) in [4.78, 5) is 0. The van der Waals surface area contributed by atoms with Crippen molar-refractivity contribution < 1.29 is 9.84 Å². The van der Waals surface area contributed by atoms with Gasteiger partial charge in [-0.25, -0.2) is 0 Å². The number of aliphatic hydroxyl groups is 1. The molecule has 0 saturated carbocycles. The molecule has 0 spiro atoms. The summed E-state index contributed by atoms with van der Waals surface area (Å²) in [6.45, 7) is 0.992. The van der Waals surface area contributed by atoms with Crippen LogP contribution in [0.3, 0.4) is 0 Å². The molecule has 3 N–H and O–H groups in total. The van der Waals surface area contributed by atoms with Crippen LogP contribution < -0.4 is 10.5 Å². The second-order valence-electron chi connectivity index (χ2n) is 3.94. The molecule has 3 heteroatoms. The highest BCUT2D eigenvalue weighted by atomic mass is 16.5. The molecule has 1 aliphatic rings. The molecule has 0 amide bonds. The van der Waals surface area contributed by atoms with Crippen molar-refractivity contribution in [3.63, 3.8) is 0 Å². The molecule has 0 radical (unpaired) electrons. The van der Waals surface area contributed by atoms with Gasteiger partial charge in [0.05, 0.1) is 6.61 Å². The van der Waals surface area contributed by atoms with Crippen molar-refractivity contribution in [2.45, 2.75) is 25.3 Å². The molecule has 0 bridgehead atoms. The van der Waals surface area contributed by atoms with Gasteiger partial charge in [0.1, 0.15) is 5.75 Å². The molecule has 15 heavy (non-hydrogen) atoms. The van der Waals surface area contributed by atoms with Crippen LogP contribution in [0, 0.1) is 0 Å². The Morgan fingerprint density at radius 2 is 2.33 bits per heavy atom. The Labute approximate surface area is 89.9 Å². The Bertz CT molecular complexity index is 338. The lowest BCUT2D eigenvalue weighted by atomic mass is 10.00. The molecule has 1 aliphatic heterocycles. The highest BCUT2D eigenvalue weighted by molar-refractivity contribution is 5.40. The lowest BCUT2D eigenvalue weighted by Crippen LogP contribution is -2.10. The number of fused-ring (bicyclic) bond motifs is 1. The van der Waals surface area contributed by atoms with Crippen LogP contribution in [0.4, 0.5) is 0 Å². The molecular formula is C12H17NO2. The van der Waals surface area contributed by atoms with Gasteiger partial charge in [0.2, 0.25) is 0 Å². The Morgan fingerprint density at radius 1 is 1.47 bits per heavy atom. The molecular weight excluding hydrogens is 190 g/mol. The van der Waals surface area contributed by atoms with Crippen molar-refractivity contribution >= 4 is 0 Å². The maximum atomic E-state index is 8.74. The minimum atomic E-state index is 0.0306. The maximum absolute atomic E-state index is 8.74. The minimum Gasteiger partial charge on any atom is -0.493 e. The zero-order chi connectivity index (χ0) is 10.7. The second kappa shape index (κ2) is 4.64. The van der Waals surface area contributed by atoms with Gasteiger partial charge in [0.15, 0.2) is 0 Å². The van der Waals surface area contributed by atoms with E-state index in [1.54, 1.807) is 0 Å². The number of rotatable bonds is 4. The first kappa shape index (κ1) is 10.5. The largest absolute Gasteiger partial charge is 0.493 e. The normalized spacial score (nSPS) is 15.9. The Morgan fingerprint density at radius 3 is 3.13 bits per heavy atom. The molecule has 82 valence electrons. The quantitative estimate of drug-likeness (QED) is 0.784. The van der Waals surface area contributed by atoms with Crippen LogP contribution in [0.2, 0.25) is 0 Å². The van der Waals surface area contributed by atoms with E-state index in [0.717, 1.165) is 37.2 Å². The summed E-state index contributed by atoms with van der Waals surface area (Å²) in [5.74, 6) is 0.994. The highest BCUT2D eigenvalue weighted by Crippen LogP contribution is 2.28. The van der Waals surface area contributed by atoms with Crippen LogP contribution in [0.5, 0.6) is 5.75 Å². The van der Waals surface area contributed by atoms with E-state index in [9.17, 15) is 0 Å². The molecule has 0 unspecified atom stereocenters. The van der Waals surface area contributed by atoms with E-state index in [0.29, 0.717) is 0 Å². The van der Waals surface area contributed by atoms with Crippen LogP contribution in [0.25, 0.3) is 0 Å². The van der Waals surface area contributed by atoms with Crippen molar-refractivity contribution in [2.75, 3.05) is 13.2 Å². The number of hydrogen-bond donors (Lipinski definition) is 2. The minimum absolute atomic E-state index is 0.0306. The summed E-state index contributed by atoms with van der Waals surface area (Å²) >= 11 is 0. The third-order valence-electron chi connectivity index (χ3n) is 2.81. The van der Waals surface area contributed by atoms with E-state index in [-0.39, 0.29) is 12.6 Å².